The van der Waals surface area contributed by atoms with E-state index in [4.69, 9.17) is 10.5 Å². The number of hydrogen-bond donors (Lipinski definition) is 4. The molecule has 0 radical (unpaired) electrons. The van der Waals surface area contributed by atoms with Crippen LogP contribution >= 0.6 is 0 Å². The number of nitrogens with two attached hydrogens (primary N) is 1. The number of hydrogen-bond acceptors (Lipinski definition) is 8. The molecule has 0 fully saturated rings. The molecule has 0 aliphatic rings. The summed E-state index contributed by atoms with van der Waals surface area (Å²) in [5.41, 5.74) is 6.64. The molecule has 0 saturated heterocycles. The number of ether oxygens (including phenoxy) is 1. The number of rotatable bonds is 8. The summed E-state index contributed by atoms with van der Waals surface area (Å²) in [4.78, 5) is 20.2. The Labute approximate surface area is 172 Å². The van der Waals surface area contributed by atoms with E-state index in [9.17, 15) is 17.8 Å². The predicted molar refractivity (Wildman–Crippen MR) is 109 cm³/mol. The first-order chi connectivity index (χ1) is 14.2. The van der Waals surface area contributed by atoms with Crippen molar-refractivity contribution in [3.63, 3.8) is 0 Å². The van der Waals surface area contributed by atoms with Crippen molar-refractivity contribution in [2.24, 2.45) is 5.73 Å². The molecule has 30 heavy (non-hydrogen) atoms. The number of benzene rings is 1. The van der Waals surface area contributed by atoms with E-state index >= 15 is 0 Å². The lowest BCUT2D eigenvalue weighted by Crippen LogP contribution is -2.29. The van der Waals surface area contributed by atoms with Gasteiger partial charge in [0.05, 0.1) is 25.2 Å². The number of methoxy groups -OCH3 is 1. The van der Waals surface area contributed by atoms with Crippen LogP contribution in [0.2, 0.25) is 0 Å². The summed E-state index contributed by atoms with van der Waals surface area (Å²) in [6.45, 7) is 1.63. The number of carbonyl (C=O) groups is 1. The van der Waals surface area contributed by atoms with Gasteiger partial charge in [-0.05, 0) is 19.1 Å². The Morgan fingerprint density at radius 2 is 1.97 bits per heavy atom. The number of nitrogens with zero attached hydrogens (tertiary/aromatic N) is 4. The van der Waals surface area contributed by atoms with E-state index in [1.807, 2.05) is 0 Å². The van der Waals surface area contributed by atoms with Gasteiger partial charge in [0.15, 0.2) is 0 Å². The van der Waals surface area contributed by atoms with Crippen LogP contribution in [0.5, 0.6) is 5.88 Å². The number of amides is 1. The normalized spacial score (nSPS) is 11.2. The van der Waals surface area contributed by atoms with Crippen LogP contribution in [-0.2, 0) is 10.3 Å². The van der Waals surface area contributed by atoms with Crippen molar-refractivity contribution in [2.75, 3.05) is 23.3 Å². The van der Waals surface area contributed by atoms with Crippen LogP contribution in [0.4, 0.5) is 17.3 Å². The highest BCUT2D eigenvalue weighted by Crippen LogP contribution is 2.30. The first kappa shape index (κ1) is 21.0. The van der Waals surface area contributed by atoms with Gasteiger partial charge in [-0.1, -0.05) is 12.1 Å². The Morgan fingerprint density at radius 3 is 2.47 bits per heavy atom. The van der Waals surface area contributed by atoms with Crippen molar-refractivity contribution in [1.82, 2.24) is 20.2 Å². The van der Waals surface area contributed by atoms with E-state index in [1.165, 1.54) is 31.6 Å². The lowest BCUT2D eigenvalue weighted by Gasteiger charge is -2.18. The zero-order valence-corrected chi connectivity index (χ0v) is 16.8. The van der Waals surface area contributed by atoms with Gasteiger partial charge in [0, 0.05) is 12.1 Å². The molecular weight excluding hydrogens is 414 g/mol. The average Bonchev–Trinajstić information content (AvgIpc) is 3.12. The van der Waals surface area contributed by atoms with Crippen LogP contribution in [0.3, 0.4) is 0 Å². The summed E-state index contributed by atoms with van der Waals surface area (Å²) in [6, 6.07) is 6.08. The minimum absolute atomic E-state index is 0.0457. The standard InChI is InChI=1S/C17H19N7O5S/c1-3-24(30(26,27)28)11-6-4-10(5-7-11)15-14(16(18)25)17(23-22-15)21-12-8-20-13(29-2)9-19-12/h4-9H,3H2,1-2H3,(H2,18,25)(H,26,27,28)(H2,19,21,22,23). The highest BCUT2D eigenvalue weighted by atomic mass is 32.2. The van der Waals surface area contributed by atoms with Gasteiger partial charge in [0.2, 0.25) is 5.88 Å². The number of aromatic nitrogens is 4. The molecule has 3 rings (SSSR count). The fraction of sp³-hybridized carbons (Fsp3) is 0.176. The van der Waals surface area contributed by atoms with Gasteiger partial charge in [-0.2, -0.15) is 13.5 Å². The topological polar surface area (TPSA) is 176 Å². The summed E-state index contributed by atoms with van der Waals surface area (Å²) in [7, 11) is -2.93. The number of anilines is 3. The summed E-state index contributed by atoms with van der Waals surface area (Å²) in [6.07, 6.45) is 2.81. The molecule has 5 N–H and O–H groups in total. The molecule has 2 heterocycles. The Bertz CT molecular complexity index is 1140. The Hall–Kier alpha value is -3.71. The maximum absolute atomic E-state index is 12.1. The van der Waals surface area contributed by atoms with Crippen LogP contribution in [0.1, 0.15) is 17.3 Å². The van der Waals surface area contributed by atoms with Crippen LogP contribution in [0, 0.1) is 0 Å². The van der Waals surface area contributed by atoms with E-state index in [0.717, 1.165) is 4.31 Å². The average molecular weight is 433 g/mol. The Morgan fingerprint density at radius 1 is 1.27 bits per heavy atom. The largest absolute Gasteiger partial charge is 0.480 e. The molecule has 0 aliphatic heterocycles. The molecular formula is C17H19N7O5S. The maximum Gasteiger partial charge on any atom is 0.359 e. The highest BCUT2D eigenvalue weighted by Gasteiger charge is 2.22. The molecule has 0 atom stereocenters. The first-order valence-corrected chi connectivity index (χ1v) is 10.0. The first-order valence-electron chi connectivity index (χ1n) is 8.61. The maximum atomic E-state index is 12.1. The minimum Gasteiger partial charge on any atom is -0.480 e. The van der Waals surface area contributed by atoms with Crippen molar-refractivity contribution >= 4 is 33.5 Å². The fourth-order valence-electron chi connectivity index (χ4n) is 2.76. The number of carbonyl (C=O) groups excluding carboxylic acids is 1. The quantitative estimate of drug-likeness (QED) is 0.382. The van der Waals surface area contributed by atoms with E-state index < -0.39 is 16.2 Å². The predicted octanol–water partition coefficient (Wildman–Crippen LogP) is 1.35. The molecule has 0 spiro atoms. The van der Waals surface area contributed by atoms with Gasteiger partial charge < -0.3 is 15.8 Å². The third-order valence-electron chi connectivity index (χ3n) is 4.10. The fourth-order valence-corrected chi connectivity index (χ4v) is 3.47. The van der Waals surface area contributed by atoms with E-state index in [1.54, 1.807) is 19.1 Å². The van der Waals surface area contributed by atoms with Gasteiger partial charge in [-0.15, -0.1) is 0 Å². The van der Waals surface area contributed by atoms with Crippen molar-refractivity contribution < 1.29 is 22.5 Å². The molecule has 1 amide bonds. The van der Waals surface area contributed by atoms with E-state index in [2.05, 4.69) is 25.5 Å². The third-order valence-corrected chi connectivity index (χ3v) is 5.12. The molecule has 0 saturated carbocycles. The Balaban J connectivity index is 1.93. The van der Waals surface area contributed by atoms with Crippen LogP contribution in [0.25, 0.3) is 11.3 Å². The van der Waals surface area contributed by atoms with Crippen molar-refractivity contribution in [2.45, 2.75) is 6.92 Å². The molecule has 158 valence electrons. The number of H-pyrrole nitrogens is 1. The lowest BCUT2D eigenvalue weighted by molar-refractivity contribution is 0.100. The third kappa shape index (κ3) is 4.31. The molecule has 0 aliphatic carbocycles. The minimum atomic E-state index is -4.40. The molecule has 13 heteroatoms. The Kier molecular flexibility index (Phi) is 5.84. The van der Waals surface area contributed by atoms with Crippen molar-refractivity contribution in [3.8, 4) is 17.1 Å². The summed E-state index contributed by atoms with van der Waals surface area (Å²) < 4.78 is 38.0. The van der Waals surface area contributed by atoms with Gasteiger partial charge in [0.25, 0.3) is 5.91 Å². The molecule has 2 aromatic heterocycles. The van der Waals surface area contributed by atoms with Gasteiger partial charge in [-0.3, -0.25) is 14.4 Å². The summed E-state index contributed by atoms with van der Waals surface area (Å²) in [5.74, 6) is 0.136. The molecule has 12 nitrogen and oxygen atoms in total. The lowest BCUT2D eigenvalue weighted by atomic mass is 10.1. The second-order valence-electron chi connectivity index (χ2n) is 5.94. The smallest absolute Gasteiger partial charge is 0.359 e. The SMILES string of the molecule is CCN(c1ccc(-c2n[nH]c(Nc3cnc(OC)cn3)c2C(N)=O)cc1)S(=O)(=O)O. The van der Waals surface area contributed by atoms with Gasteiger partial charge >= 0.3 is 10.3 Å². The van der Waals surface area contributed by atoms with Crippen LogP contribution in [0.15, 0.2) is 36.7 Å². The highest BCUT2D eigenvalue weighted by molar-refractivity contribution is 7.87. The second kappa shape index (κ2) is 8.34. The molecule has 1 aromatic carbocycles. The zero-order valence-electron chi connectivity index (χ0n) is 16.0. The van der Waals surface area contributed by atoms with E-state index in [-0.39, 0.29) is 29.3 Å². The molecule has 0 unspecified atom stereocenters. The van der Waals surface area contributed by atoms with E-state index in [0.29, 0.717) is 17.3 Å². The van der Waals surface area contributed by atoms with Crippen molar-refractivity contribution in [3.05, 3.63) is 42.2 Å². The molecule has 0 bridgehead atoms. The van der Waals surface area contributed by atoms with Crippen molar-refractivity contribution in [1.29, 1.82) is 0 Å². The van der Waals surface area contributed by atoms with Gasteiger partial charge in [-0.25, -0.2) is 14.3 Å². The summed E-state index contributed by atoms with van der Waals surface area (Å²) >= 11 is 0. The number of nitrogens with one attached hydrogen (secondary N) is 2. The number of aromatic amines is 1. The summed E-state index contributed by atoms with van der Waals surface area (Å²) in [5, 5.41) is 9.72. The molecule has 3 aromatic rings. The number of primary amides is 1. The van der Waals surface area contributed by atoms with Gasteiger partial charge in [0.1, 0.15) is 22.9 Å². The zero-order chi connectivity index (χ0) is 21.9. The second-order valence-corrected chi connectivity index (χ2v) is 7.28. The monoisotopic (exact) mass is 433 g/mol. The van der Waals surface area contributed by atoms with Crippen LogP contribution in [-0.4, -0.2) is 52.7 Å². The van der Waals surface area contributed by atoms with Crippen LogP contribution < -0.4 is 20.1 Å².